The van der Waals surface area contributed by atoms with Crippen LogP contribution in [0.4, 0.5) is 5.82 Å². The van der Waals surface area contributed by atoms with Crippen molar-refractivity contribution in [3.63, 3.8) is 0 Å². The number of benzene rings is 1. The summed E-state index contributed by atoms with van der Waals surface area (Å²) in [6.07, 6.45) is 2.85. The molecule has 1 atom stereocenters. The first-order valence-electron chi connectivity index (χ1n) is 8.37. The molecular weight excluding hydrogens is 336 g/mol. The molecule has 2 aromatic rings. The van der Waals surface area contributed by atoms with Crippen LogP contribution in [0, 0.1) is 0 Å². The van der Waals surface area contributed by atoms with E-state index in [2.05, 4.69) is 5.10 Å². The van der Waals surface area contributed by atoms with Crippen molar-refractivity contribution < 1.29 is 19.1 Å². The summed E-state index contributed by atoms with van der Waals surface area (Å²) in [6, 6.07) is 6.68. The molecule has 2 N–H and O–H groups in total. The number of ether oxygens (including phenoxy) is 2. The summed E-state index contributed by atoms with van der Waals surface area (Å²) in [5, 5.41) is 4.24. The molecule has 0 saturated carbocycles. The number of hydrogen-bond acceptors (Lipinski definition) is 6. The Morgan fingerprint density at radius 1 is 1.27 bits per heavy atom. The highest BCUT2D eigenvalue weighted by Crippen LogP contribution is 2.26. The first-order chi connectivity index (χ1) is 12.6. The van der Waals surface area contributed by atoms with Gasteiger partial charge in [0.25, 0.3) is 0 Å². The fraction of sp³-hybridized carbons (Fsp3) is 0.389. The average molecular weight is 358 g/mol. The normalized spacial score (nSPS) is 16.7. The van der Waals surface area contributed by atoms with Gasteiger partial charge in [-0.25, -0.2) is 4.68 Å². The molecule has 0 radical (unpaired) electrons. The molecule has 26 heavy (non-hydrogen) atoms. The Labute approximate surface area is 151 Å². The Morgan fingerprint density at radius 3 is 2.65 bits per heavy atom. The number of aromatic nitrogens is 2. The largest absolute Gasteiger partial charge is 0.497 e. The third-order valence-corrected chi connectivity index (χ3v) is 4.53. The Balaban J connectivity index is 1.84. The summed E-state index contributed by atoms with van der Waals surface area (Å²) in [4.78, 5) is 26.7. The number of anilines is 1. The van der Waals surface area contributed by atoms with Gasteiger partial charge in [0.05, 0.1) is 30.6 Å². The van der Waals surface area contributed by atoms with Crippen LogP contribution < -0.4 is 10.5 Å². The summed E-state index contributed by atoms with van der Waals surface area (Å²) in [5.74, 6) is 0.592. The van der Waals surface area contributed by atoms with Gasteiger partial charge in [-0.2, -0.15) is 5.10 Å². The van der Waals surface area contributed by atoms with Crippen LogP contribution in [0.3, 0.4) is 0 Å². The molecule has 0 unspecified atom stereocenters. The molecule has 1 saturated heterocycles. The first kappa shape index (κ1) is 17.9. The van der Waals surface area contributed by atoms with E-state index in [0.29, 0.717) is 24.3 Å². The monoisotopic (exact) mass is 358 g/mol. The van der Waals surface area contributed by atoms with Crippen LogP contribution in [0.15, 0.2) is 30.5 Å². The number of carbonyl (C=O) groups excluding carboxylic acids is 2. The number of nitrogens with two attached hydrogens (primary N) is 1. The maximum Gasteiger partial charge on any atom is 0.249 e. The lowest BCUT2D eigenvalue weighted by Gasteiger charge is -2.23. The van der Waals surface area contributed by atoms with E-state index < -0.39 is 6.04 Å². The molecule has 3 rings (SSSR count). The molecule has 8 heteroatoms. The molecule has 0 aliphatic carbocycles. The van der Waals surface area contributed by atoms with E-state index in [1.807, 2.05) is 0 Å². The van der Waals surface area contributed by atoms with Crippen LogP contribution in [0.1, 0.15) is 23.2 Å². The van der Waals surface area contributed by atoms with E-state index in [-0.39, 0.29) is 24.1 Å². The standard InChI is InChI=1S/C18H22N4O4/c1-25-11-16(23)21-9-3-4-15(21)17(24)14-10-20-22(18(14)19)12-5-7-13(26-2)8-6-12/h5-8,10,15H,3-4,9,11,19H2,1-2H3/t15-/m1/s1. The van der Waals surface area contributed by atoms with Crippen molar-refractivity contribution in [2.45, 2.75) is 18.9 Å². The Bertz CT molecular complexity index is 800. The van der Waals surface area contributed by atoms with Gasteiger partial charge in [-0.1, -0.05) is 0 Å². The zero-order valence-electron chi connectivity index (χ0n) is 14.8. The summed E-state index contributed by atoms with van der Waals surface area (Å²) in [5.41, 5.74) is 7.22. The van der Waals surface area contributed by atoms with Crippen molar-refractivity contribution in [2.75, 3.05) is 33.1 Å². The van der Waals surface area contributed by atoms with Crippen LogP contribution in [0.25, 0.3) is 5.69 Å². The van der Waals surface area contributed by atoms with E-state index in [1.165, 1.54) is 18.0 Å². The van der Waals surface area contributed by atoms with Crippen molar-refractivity contribution in [1.82, 2.24) is 14.7 Å². The second-order valence-corrected chi connectivity index (χ2v) is 6.10. The number of likely N-dealkylation sites (tertiary alicyclic amines) is 1. The maximum atomic E-state index is 12.9. The molecule has 0 spiro atoms. The Hall–Kier alpha value is -2.87. The van der Waals surface area contributed by atoms with Gasteiger partial charge in [-0.3, -0.25) is 9.59 Å². The number of nitrogens with zero attached hydrogens (tertiary/aromatic N) is 3. The minimum absolute atomic E-state index is 0.0373. The summed E-state index contributed by atoms with van der Waals surface area (Å²) < 4.78 is 11.5. The van der Waals surface area contributed by atoms with Crippen molar-refractivity contribution >= 4 is 17.5 Å². The highest BCUT2D eigenvalue weighted by molar-refractivity contribution is 6.05. The third kappa shape index (κ3) is 3.28. The molecule has 1 aromatic carbocycles. The van der Waals surface area contributed by atoms with Crippen molar-refractivity contribution in [1.29, 1.82) is 0 Å². The van der Waals surface area contributed by atoms with Gasteiger partial charge in [0.15, 0.2) is 5.78 Å². The molecule has 1 aliphatic rings. The van der Waals surface area contributed by atoms with Crippen LogP contribution in [0.5, 0.6) is 5.75 Å². The molecule has 1 fully saturated rings. The molecule has 138 valence electrons. The Kier molecular flexibility index (Phi) is 5.22. The van der Waals surface area contributed by atoms with Gasteiger partial charge >= 0.3 is 0 Å². The van der Waals surface area contributed by atoms with Gasteiger partial charge in [0.1, 0.15) is 18.2 Å². The van der Waals surface area contributed by atoms with E-state index >= 15 is 0 Å². The summed E-state index contributed by atoms with van der Waals surface area (Å²) in [6.45, 7) is 0.509. The van der Waals surface area contributed by atoms with Crippen molar-refractivity contribution in [2.24, 2.45) is 0 Å². The molecule has 8 nitrogen and oxygen atoms in total. The highest BCUT2D eigenvalue weighted by Gasteiger charge is 2.36. The number of nitrogen functional groups attached to an aromatic ring is 1. The second-order valence-electron chi connectivity index (χ2n) is 6.10. The second kappa shape index (κ2) is 7.57. The van der Waals surface area contributed by atoms with Gasteiger partial charge in [-0.05, 0) is 37.1 Å². The van der Waals surface area contributed by atoms with E-state index in [0.717, 1.165) is 12.1 Å². The molecule has 2 heterocycles. The zero-order chi connectivity index (χ0) is 18.7. The highest BCUT2D eigenvalue weighted by atomic mass is 16.5. The van der Waals surface area contributed by atoms with Crippen molar-refractivity contribution in [3.05, 3.63) is 36.0 Å². The van der Waals surface area contributed by atoms with Crippen LogP contribution >= 0.6 is 0 Å². The molecule has 1 amide bonds. The molecular formula is C18H22N4O4. The van der Waals surface area contributed by atoms with Gasteiger partial charge in [0.2, 0.25) is 5.91 Å². The lowest BCUT2D eigenvalue weighted by Crippen LogP contribution is -2.42. The Morgan fingerprint density at radius 2 is 2.00 bits per heavy atom. The van der Waals surface area contributed by atoms with Gasteiger partial charge in [0, 0.05) is 13.7 Å². The predicted molar refractivity (Wildman–Crippen MR) is 95.5 cm³/mol. The van der Waals surface area contributed by atoms with Crippen LogP contribution in [0.2, 0.25) is 0 Å². The average Bonchev–Trinajstić information content (AvgIpc) is 3.28. The fourth-order valence-corrected chi connectivity index (χ4v) is 3.20. The zero-order valence-corrected chi connectivity index (χ0v) is 14.8. The van der Waals surface area contributed by atoms with E-state index in [4.69, 9.17) is 15.2 Å². The number of rotatable bonds is 6. The smallest absolute Gasteiger partial charge is 0.249 e. The number of hydrogen-bond donors (Lipinski definition) is 1. The number of ketones is 1. The maximum absolute atomic E-state index is 12.9. The van der Waals surface area contributed by atoms with Crippen molar-refractivity contribution in [3.8, 4) is 11.4 Å². The summed E-state index contributed by atoms with van der Waals surface area (Å²) in [7, 11) is 3.05. The number of methoxy groups -OCH3 is 2. The first-order valence-corrected chi connectivity index (χ1v) is 8.37. The number of amides is 1. The van der Waals surface area contributed by atoms with E-state index in [1.54, 1.807) is 36.3 Å². The lowest BCUT2D eigenvalue weighted by molar-refractivity contribution is -0.135. The quantitative estimate of drug-likeness (QED) is 0.781. The van der Waals surface area contributed by atoms with Gasteiger partial charge < -0.3 is 20.1 Å². The number of carbonyl (C=O) groups is 2. The molecule has 0 bridgehead atoms. The predicted octanol–water partition coefficient (Wildman–Crippen LogP) is 1.28. The lowest BCUT2D eigenvalue weighted by atomic mass is 10.0. The minimum Gasteiger partial charge on any atom is -0.497 e. The number of Topliss-reactive ketones (excluding diaryl/α,β-unsaturated/α-hetero) is 1. The SMILES string of the molecule is COCC(=O)N1CCC[C@@H]1C(=O)c1cnn(-c2ccc(OC)cc2)c1N. The van der Waals surface area contributed by atoms with E-state index in [9.17, 15) is 9.59 Å². The minimum atomic E-state index is -0.520. The van der Waals surface area contributed by atoms with Gasteiger partial charge in [-0.15, -0.1) is 0 Å². The topological polar surface area (TPSA) is 99.7 Å². The van der Waals surface area contributed by atoms with Crippen LogP contribution in [-0.4, -0.2) is 59.8 Å². The summed E-state index contributed by atoms with van der Waals surface area (Å²) >= 11 is 0. The molecule has 1 aliphatic heterocycles. The van der Waals surface area contributed by atoms with Crippen LogP contribution in [-0.2, 0) is 9.53 Å². The third-order valence-electron chi connectivity index (χ3n) is 4.53. The molecule has 1 aromatic heterocycles. The fourth-order valence-electron chi connectivity index (χ4n) is 3.20.